The van der Waals surface area contributed by atoms with E-state index in [1.54, 1.807) is 6.08 Å². The summed E-state index contributed by atoms with van der Waals surface area (Å²) in [6.07, 6.45) is 43.9. The Kier molecular flexibility index (Phi) is 48.5. The van der Waals surface area contributed by atoms with E-state index >= 15 is 0 Å². The molecule has 1 amide bonds. The molecule has 0 saturated carbocycles. The number of aliphatic hydroxyl groups is 11. The minimum atomic E-state index is -1.99. The summed E-state index contributed by atoms with van der Waals surface area (Å²) in [7, 11) is 0. The van der Waals surface area contributed by atoms with E-state index in [0.717, 1.165) is 70.6 Å². The minimum Gasteiger partial charge on any atom is -0.394 e. The molecule has 3 heterocycles. The van der Waals surface area contributed by atoms with Gasteiger partial charge in [0, 0.05) is 6.42 Å². The van der Waals surface area contributed by atoms with Gasteiger partial charge in [0.2, 0.25) is 5.91 Å². The zero-order valence-corrected chi connectivity index (χ0v) is 56.0. The van der Waals surface area contributed by atoms with Crippen LogP contribution in [0.2, 0.25) is 0 Å². The van der Waals surface area contributed by atoms with Crippen LogP contribution in [0.5, 0.6) is 0 Å². The molecule has 0 radical (unpaired) electrons. The number of rotatable bonds is 53. The number of unbranched alkanes of at least 4 members (excludes halogenated alkanes) is 23. The van der Waals surface area contributed by atoms with Crippen LogP contribution in [0.15, 0.2) is 97.2 Å². The van der Waals surface area contributed by atoms with E-state index in [9.17, 15) is 61.0 Å². The van der Waals surface area contributed by atoms with Crippen molar-refractivity contribution >= 4 is 5.91 Å². The summed E-state index contributed by atoms with van der Waals surface area (Å²) in [5.74, 6) is -0.330. The topological polar surface area (TPSA) is 307 Å². The van der Waals surface area contributed by atoms with Crippen molar-refractivity contribution in [1.82, 2.24) is 5.32 Å². The Morgan fingerprint density at radius 1 is 0.402 bits per heavy atom. The highest BCUT2D eigenvalue weighted by Crippen LogP contribution is 2.33. The Morgan fingerprint density at radius 2 is 0.761 bits per heavy atom. The van der Waals surface area contributed by atoms with Gasteiger partial charge in [-0.05, 0) is 83.5 Å². The van der Waals surface area contributed by atoms with Crippen LogP contribution in [-0.4, -0.2) is 193 Å². The largest absolute Gasteiger partial charge is 0.394 e. The Bertz CT molecular complexity index is 2040. The first-order chi connectivity index (χ1) is 44.8. The highest BCUT2D eigenvalue weighted by Gasteiger charge is 2.53. The van der Waals surface area contributed by atoms with Gasteiger partial charge in [-0.2, -0.15) is 0 Å². The van der Waals surface area contributed by atoms with Crippen LogP contribution in [-0.2, 0) is 33.2 Å². The molecule has 3 aliphatic rings. The number of hydrogen-bond acceptors (Lipinski definition) is 18. The van der Waals surface area contributed by atoms with Crippen molar-refractivity contribution in [2.75, 3.05) is 26.4 Å². The van der Waals surface area contributed by atoms with Gasteiger partial charge in [0.25, 0.3) is 0 Å². The van der Waals surface area contributed by atoms with E-state index in [1.165, 1.54) is 122 Å². The van der Waals surface area contributed by atoms with Gasteiger partial charge < -0.3 is 89.9 Å². The zero-order valence-electron chi connectivity index (χ0n) is 56.0. The van der Waals surface area contributed by atoms with E-state index in [1.807, 2.05) is 6.08 Å². The second-order valence-electron chi connectivity index (χ2n) is 25.0. The fraction of sp³-hybridized carbons (Fsp3) is 0.767. The molecule has 0 spiro atoms. The van der Waals surface area contributed by atoms with E-state index < -0.39 is 131 Å². The number of hydrogen-bond donors (Lipinski definition) is 12. The summed E-state index contributed by atoms with van der Waals surface area (Å²) in [5.41, 5.74) is 0. The summed E-state index contributed by atoms with van der Waals surface area (Å²) in [6, 6.07) is -1.02. The van der Waals surface area contributed by atoms with Crippen LogP contribution in [0.1, 0.15) is 226 Å². The summed E-state index contributed by atoms with van der Waals surface area (Å²) in [6.45, 7) is 1.57. The quantitative estimate of drug-likeness (QED) is 0.0199. The summed E-state index contributed by atoms with van der Waals surface area (Å²) in [5, 5.41) is 121. The number of amides is 1. The number of carbonyl (C=O) groups is 1. The van der Waals surface area contributed by atoms with Crippen LogP contribution >= 0.6 is 0 Å². The summed E-state index contributed by atoms with van der Waals surface area (Å²) >= 11 is 0. The van der Waals surface area contributed by atoms with Gasteiger partial charge in [-0.15, -0.1) is 0 Å². The second-order valence-corrected chi connectivity index (χ2v) is 25.0. The van der Waals surface area contributed by atoms with Crippen LogP contribution in [0.3, 0.4) is 0 Å². The van der Waals surface area contributed by atoms with Gasteiger partial charge in [-0.3, -0.25) is 4.79 Å². The first-order valence-electron chi connectivity index (χ1n) is 35.5. The molecule has 3 saturated heterocycles. The molecular weight excluding hydrogens is 1180 g/mol. The predicted octanol–water partition coefficient (Wildman–Crippen LogP) is 9.66. The number of carbonyl (C=O) groups excluding carboxylic acids is 1. The van der Waals surface area contributed by atoms with Gasteiger partial charge in [-0.1, -0.05) is 233 Å². The maximum absolute atomic E-state index is 13.4. The van der Waals surface area contributed by atoms with Crippen molar-refractivity contribution in [3.63, 3.8) is 0 Å². The lowest BCUT2D eigenvalue weighted by Crippen LogP contribution is -2.66. The van der Waals surface area contributed by atoms with Crippen molar-refractivity contribution in [2.45, 2.75) is 330 Å². The van der Waals surface area contributed by atoms with E-state index in [-0.39, 0.29) is 12.3 Å². The third kappa shape index (κ3) is 35.1. The fourth-order valence-corrected chi connectivity index (χ4v) is 11.4. The lowest BCUT2D eigenvalue weighted by molar-refractivity contribution is -0.379. The highest BCUT2D eigenvalue weighted by atomic mass is 16.8. The molecular formula is C73H125NO18. The van der Waals surface area contributed by atoms with E-state index in [4.69, 9.17) is 28.4 Å². The molecule has 0 aliphatic carbocycles. The van der Waals surface area contributed by atoms with Crippen molar-refractivity contribution in [3.05, 3.63) is 97.2 Å². The summed E-state index contributed by atoms with van der Waals surface area (Å²) < 4.78 is 34.3. The van der Waals surface area contributed by atoms with Crippen LogP contribution in [0.25, 0.3) is 0 Å². The van der Waals surface area contributed by atoms with Crippen LogP contribution in [0.4, 0.5) is 0 Å². The van der Waals surface area contributed by atoms with Gasteiger partial charge >= 0.3 is 0 Å². The lowest BCUT2D eigenvalue weighted by atomic mass is 9.96. The van der Waals surface area contributed by atoms with Crippen molar-refractivity contribution in [1.29, 1.82) is 0 Å². The van der Waals surface area contributed by atoms with Crippen molar-refractivity contribution in [2.24, 2.45) is 0 Å². The molecule has 17 atom stereocenters. The average Bonchev–Trinajstić information content (AvgIpc) is 0.838. The van der Waals surface area contributed by atoms with Crippen molar-refractivity contribution < 1.29 is 89.4 Å². The Hall–Kier alpha value is -3.29. The van der Waals surface area contributed by atoms with Crippen LogP contribution < -0.4 is 5.32 Å². The van der Waals surface area contributed by atoms with E-state index in [0.29, 0.717) is 12.8 Å². The third-order valence-corrected chi connectivity index (χ3v) is 17.1. The molecule has 0 aromatic carbocycles. The Balaban J connectivity index is 1.46. The average molecular weight is 1300 g/mol. The first-order valence-corrected chi connectivity index (χ1v) is 35.5. The van der Waals surface area contributed by atoms with E-state index in [2.05, 4.69) is 104 Å². The second kappa shape index (κ2) is 53.8. The molecule has 0 bridgehead atoms. The van der Waals surface area contributed by atoms with Gasteiger partial charge in [0.05, 0.1) is 38.6 Å². The monoisotopic (exact) mass is 1300 g/mol. The summed E-state index contributed by atoms with van der Waals surface area (Å²) in [4.78, 5) is 13.4. The van der Waals surface area contributed by atoms with Gasteiger partial charge in [0.1, 0.15) is 73.2 Å². The molecule has 19 heteroatoms. The Morgan fingerprint density at radius 3 is 1.22 bits per heavy atom. The smallest absolute Gasteiger partial charge is 0.220 e. The van der Waals surface area contributed by atoms with Crippen LogP contribution in [0, 0.1) is 0 Å². The number of aliphatic hydroxyl groups excluding tert-OH is 11. The fourth-order valence-electron chi connectivity index (χ4n) is 11.4. The number of ether oxygens (including phenoxy) is 6. The standard InChI is InChI=1S/C73H125NO18/c1-3-5-7-9-11-13-15-17-19-21-23-25-26-27-28-29-31-32-34-36-38-40-42-44-46-48-50-57(78)56(74-61(79)51-49-47-45-43-41-39-37-35-33-30-24-22-20-18-16-14-12-10-8-6-4-2)55-87-71-67(85)64(82)69(59(53-76)89-71)92-73-68(86)65(83)70(60(54-77)90-73)91-72-66(84)63(81)62(80)58(52-75)88-72/h6,8,12,14,18,20,24,30,35,37,40-43,48,50,56-60,62-73,75-78,80-86H,3-5,7,9-11,13,15-17,19,21-23,25-29,31-34,36,38-39,44-47,49,51-55H2,1-2H3,(H,74,79)/b8-6-,14-12-,20-18-,30-24-,37-35-,42-40+,43-41-,50-48+. The molecule has 3 aliphatic heterocycles. The minimum absolute atomic E-state index is 0.175. The predicted molar refractivity (Wildman–Crippen MR) is 360 cm³/mol. The molecule has 92 heavy (non-hydrogen) atoms. The molecule has 17 unspecified atom stereocenters. The maximum atomic E-state index is 13.4. The molecule has 0 aromatic heterocycles. The maximum Gasteiger partial charge on any atom is 0.220 e. The first kappa shape index (κ1) is 82.9. The lowest BCUT2D eigenvalue weighted by Gasteiger charge is -2.48. The molecule has 3 fully saturated rings. The zero-order chi connectivity index (χ0) is 66.8. The normalized spacial score (nSPS) is 28.3. The Labute approximate surface area is 552 Å². The molecule has 0 aromatic rings. The molecule has 12 N–H and O–H groups in total. The van der Waals surface area contributed by atoms with Gasteiger partial charge in [0.15, 0.2) is 18.9 Å². The molecule has 530 valence electrons. The third-order valence-electron chi connectivity index (χ3n) is 17.1. The SMILES string of the molecule is CC/C=C\C/C=C\C/C=C\C/C=C\C/C=C\C/C=C\CCCCC(=O)NC(COC1OC(CO)C(OC2OC(CO)C(OC3OC(CO)C(O)C(O)C3O)C(O)C2O)C(O)C1O)C(O)/C=C/CC/C=C/CCCCCCCCCCCCCCCCCCCCCC. The number of nitrogens with one attached hydrogen (secondary N) is 1. The van der Waals surface area contributed by atoms with Gasteiger partial charge in [-0.25, -0.2) is 0 Å². The molecule has 19 nitrogen and oxygen atoms in total. The number of allylic oxidation sites excluding steroid dienone is 15. The van der Waals surface area contributed by atoms with Crippen molar-refractivity contribution in [3.8, 4) is 0 Å². The highest BCUT2D eigenvalue weighted by molar-refractivity contribution is 5.76. The molecule has 3 rings (SSSR count).